The van der Waals surface area contributed by atoms with Gasteiger partial charge in [0, 0.05) is 25.9 Å². The number of aromatic nitrogens is 2. The van der Waals surface area contributed by atoms with Crippen LogP contribution in [-0.2, 0) is 4.74 Å². The Hall–Kier alpha value is -1.72. The van der Waals surface area contributed by atoms with Gasteiger partial charge in [0.05, 0.1) is 30.1 Å². The molecular weight excluding hydrogens is 278 g/mol. The first-order valence-corrected chi connectivity index (χ1v) is 6.66. The van der Waals surface area contributed by atoms with Gasteiger partial charge in [-0.3, -0.25) is 4.57 Å². The zero-order valence-corrected chi connectivity index (χ0v) is 12.6. The lowest BCUT2D eigenvalue weighted by atomic mass is 10.3. The molecule has 0 unspecified atom stereocenters. The number of nitrogens with one attached hydrogen (secondary N) is 1. The van der Waals surface area contributed by atoms with Crippen molar-refractivity contribution in [2.75, 3.05) is 32.7 Å². The Balaban J connectivity index is 2.31. The van der Waals surface area contributed by atoms with Gasteiger partial charge in [-0.05, 0) is 19.1 Å². The van der Waals surface area contributed by atoms with Crippen molar-refractivity contribution in [2.45, 2.75) is 6.92 Å². The maximum Gasteiger partial charge on any atom is 0.207 e. The third kappa shape index (κ3) is 3.23. The van der Waals surface area contributed by atoms with E-state index in [9.17, 15) is 0 Å². The molecule has 0 saturated carbocycles. The molecule has 0 bridgehead atoms. The molecule has 2 aromatic rings. The lowest BCUT2D eigenvalue weighted by molar-refractivity contribution is 0.210. The van der Waals surface area contributed by atoms with Crippen LogP contribution in [-0.4, -0.2) is 36.9 Å². The van der Waals surface area contributed by atoms with Crippen LogP contribution in [0.2, 0.25) is 5.02 Å². The Bertz CT molecular complexity index is 584. The van der Waals surface area contributed by atoms with E-state index in [0.29, 0.717) is 23.9 Å². The van der Waals surface area contributed by atoms with Crippen LogP contribution in [0, 0.1) is 6.92 Å². The monoisotopic (exact) mass is 295 g/mol. The van der Waals surface area contributed by atoms with E-state index in [-0.39, 0.29) is 0 Å². The Morgan fingerprint density at radius 1 is 1.35 bits per heavy atom. The number of ether oxygens (including phenoxy) is 2. The minimum Gasteiger partial charge on any atom is -0.495 e. The summed E-state index contributed by atoms with van der Waals surface area (Å²) in [6.45, 7) is 3.26. The molecule has 1 heterocycles. The summed E-state index contributed by atoms with van der Waals surface area (Å²) < 4.78 is 12.2. The van der Waals surface area contributed by atoms with Crippen molar-refractivity contribution in [1.82, 2.24) is 9.55 Å². The van der Waals surface area contributed by atoms with Crippen LogP contribution in [0.25, 0.3) is 5.69 Å². The number of hydrogen-bond acceptors (Lipinski definition) is 4. The lowest BCUT2D eigenvalue weighted by Crippen LogP contribution is -2.11. The predicted molar refractivity (Wildman–Crippen MR) is 80.2 cm³/mol. The van der Waals surface area contributed by atoms with E-state index in [2.05, 4.69) is 10.3 Å². The van der Waals surface area contributed by atoms with E-state index in [0.717, 1.165) is 17.3 Å². The maximum atomic E-state index is 6.05. The summed E-state index contributed by atoms with van der Waals surface area (Å²) in [6, 6.07) is 5.61. The van der Waals surface area contributed by atoms with Crippen LogP contribution >= 0.6 is 11.6 Å². The van der Waals surface area contributed by atoms with Gasteiger partial charge in [-0.2, -0.15) is 0 Å². The third-order valence-electron chi connectivity index (χ3n) is 2.83. The van der Waals surface area contributed by atoms with Crippen LogP contribution < -0.4 is 10.1 Å². The molecule has 0 aliphatic carbocycles. The van der Waals surface area contributed by atoms with Gasteiger partial charge >= 0.3 is 0 Å². The van der Waals surface area contributed by atoms with Crippen molar-refractivity contribution in [3.63, 3.8) is 0 Å². The molecule has 0 fully saturated rings. The number of hydrogen-bond donors (Lipinski definition) is 1. The Labute approximate surface area is 123 Å². The quantitative estimate of drug-likeness (QED) is 0.833. The zero-order chi connectivity index (χ0) is 14.5. The average molecular weight is 296 g/mol. The Morgan fingerprint density at radius 2 is 2.15 bits per heavy atom. The summed E-state index contributed by atoms with van der Waals surface area (Å²) in [4.78, 5) is 4.46. The molecule has 1 N–H and O–H groups in total. The fourth-order valence-corrected chi connectivity index (χ4v) is 2.08. The lowest BCUT2D eigenvalue weighted by Gasteiger charge is -2.11. The molecule has 0 amide bonds. The maximum absolute atomic E-state index is 6.05. The minimum absolute atomic E-state index is 0.585. The van der Waals surface area contributed by atoms with Crippen LogP contribution in [0.1, 0.15) is 5.69 Å². The van der Waals surface area contributed by atoms with Crippen molar-refractivity contribution < 1.29 is 9.47 Å². The van der Waals surface area contributed by atoms with Gasteiger partial charge in [0.25, 0.3) is 0 Å². The standard InChI is InChI=1S/C14H18ClN3O2/c1-10-9-18(14(17-10)16-6-7-19-2)11-4-5-12(15)13(8-11)20-3/h4-5,8-9H,6-7H2,1-3H3,(H,16,17). The van der Waals surface area contributed by atoms with E-state index in [1.807, 2.05) is 35.9 Å². The summed E-state index contributed by atoms with van der Waals surface area (Å²) in [5, 5.41) is 3.82. The Kier molecular flexibility index (Phi) is 4.87. The van der Waals surface area contributed by atoms with Gasteiger partial charge in [-0.15, -0.1) is 0 Å². The molecule has 1 aromatic heterocycles. The minimum atomic E-state index is 0.585. The van der Waals surface area contributed by atoms with E-state index in [4.69, 9.17) is 21.1 Å². The van der Waals surface area contributed by atoms with Crippen molar-refractivity contribution in [1.29, 1.82) is 0 Å². The molecule has 0 radical (unpaired) electrons. The molecular formula is C14H18ClN3O2. The summed E-state index contributed by atoms with van der Waals surface area (Å²) in [7, 11) is 3.27. The van der Waals surface area contributed by atoms with Crippen molar-refractivity contribution in [3.8, 4) is 11.4 Å². The topological polar surface area (TPSA) is 48.3 Å². The number of anilines is 1. The number of nitrogens with zero attached hydrogens (tertiary/aromatic N) is 2. The van der Waals surface area contributed by atoms with Gasteiger partial charge in [0.15, 0.2) is 0 Å². The van der Waals surface area contributed by atoms with Gasteiger partial charge in [-0.1, -0.05) is 11.6 Å². The number of rotatable bonds is 6. The first-order valence-electron chi connectivity index (χ1n) is 6.28. The first-order chi connectivity index (χ1) is 9.65. The molecule has 0 spiro atoms. The second kappa shape index (κ2) is 6.63. The predicted octanol–water partition coefficient (Wildman–Crippen LogP) is 2.90. The zero-order valence-electron chi connectivity index (χ0n) is 11.8. The van der Waals surface area contributed by atoms with Crippen LogP contribution in [0.15, 0.2) is 24.4 Å². The largest absolute Gasteiger partial charge is 0.495 e. The van der Waals surface area contributed by atoms with Gasteiger partial charge in [-0.25, -0.2) is 4.98 Å². The number of benzene rings is 1. The summed E-state index contributed by atoms with van der Waals surface area (Å²) in [6.07, 6.45) is 1.96. The van der Waals surface area contributed by atoms with Crippen LogP contribution in [0.5, 0.6) is 5.75 Å². The molecule has 20 heavy (non-hydrogen) atoms. The first kappa shape index (κ1) is 14.7. The average Bonchev–Trinajstić information content (AvgIpc) is 2.81. The molecule has 5 nitrogen and oxygen atoms in total. The molecule has 0 aliphatic rings. The molecule has 0 atom stereocenters. The molecule has 0 saturated heterocycles. The van der Waals surface area contributed by atoms with Crippen molar-refractivity contribution in [3.05, 3.63) is 35.1 Å². The van der Waals surface area contributed by atoms with Crippen molar-refractivity contribution >= 4 is 17.5 Å². The summed E-state index contributed by atoms with van der Waals surface area (Å²) >= 11 is 6.05. The van der Waals surface area contributed by atoms with E-state index >= 15 is 0 Å². The number of methoxy groups -OCH3 is 2. The normalized spacial score (nSPS) is 10.6. The molecule has 1 aromatic carbocycles. The smallest absolute Gasteiger partial charge is 0.207 e. The van der Waals surface area contributed by atoms with Gasteiger partial charge < -0.3 is 14.8 Å². The van der Waals surface area contributed by atoms with E-state index in [1.165, 1.54) is 0 Å². The SMILES string of the molecule is COCCNc1nc(C)cn1-c1ccc(Cl)c(OC)c1. The van der Waals surface area contributed by atoms with Crippen LogP contribution in [0.3, 0.4) is 0 Å². The van der Waals surface area contributed by atoms with Gasteiger partial charge in [0.1, 0.15) is 5.75 Å². The highest BCUT2D eigenvalue weighted by atomic mass is 35.5. The van der Waals surface area contributed by atoms with E-state index < -0.39 is 0 Å². The highest BCUT2D eigenvalue weighted by Gasteiger charge is 2.09. The fourth-order valence-electron chi connectivity index (χ4n) is 1.88. The summed E-state index contributed by atoms with van der Waals surface area (Å²) in [5.74, 6) is 1.40. The van der Waals surface area contributed by atoms with E-state index in [1.54, 1.807) is 14.2 Å². The third-order valence-corrected chi connectivity index (χ3v) is 3.14. The summed E-state index contributed by atoms with van der Waals surface area (Å²) in [5.41, 5.74) is 1.87. The second-order valence-corrected chi connectivity index (χ2v) is 4.72. The van der Waals surface area contributed by atoms with Gasteiger partial charge in [0.2, 0.25) is 5.95 Å². The fraction of sp³-hybridized carbons (Fsp3) is 0.357. The highest BCUT2D eigenvalue weighted by molar-refractivity contribution is 6.32. The van der Waals surface area contributed by atoms with Crippen LogP contribution in [0.4, 0.5) is 5.95 Å². The number of aryl methyl sites for hydroxylation is 1. The highest BCUT2D eigenvalue weighted by Crippen LogP contribution is 2.28. The molecule has 108 valence electrons. The number of imidazole rings is 1. The number of halogens is 1. The van der Waals surface area contributed by atoms with Crippen molar-refractivity contribution in [2.24, 2.45) is 0 Å². The second-order valence-electron chi connectivity index (χ2n) is 4.31. The molecule has 0 aliphatic heterocycles. The Morgan fingerprint density at radius 3 is 2.85 bits per heavy atom. The molecule has 6 heteroatoms. The molecule has 2 rings (SSSR count).